The number of para-hydroxylation sites is 1. The van der Waals surface area contributed by atoms with Crippen molar-refractivity contribution in [3.8, 4) is 17.2 Å². The van der Waals surface area contributed by atoms with Gasteiger partial charge in [-0.3, -0.25) is 4.79 Å². The molecule has 35 heavy (non-hydrogen) atoms. The third kappa shape index (κ3) is 8.41. The van der Waals surface area contributed by atoms with Gasteiger partial charge in [0, 0.05) is 28.9 Å². The van der Waals surface area contributed by atoms with Gasteiger partial charge in [0.15, 0.2) is 18.1 Å². The fourth-order valence-corrected chi connectivity index (χ4v) is 4.22. The summed E-state index contributed by atoms with van der Waals surface area (Å²) in [4.78, 5) is 12.0. The van der Waals surface area contributed by atoms with Gasteiger partial charge in [-0.1, -0.05) is 41.6 Å². The summed E-state index contributed by atoms with van der Waals surface area (Å²) in [6.45, 7) is 6.99. The second-order valence-corrected chi connectivity index (χ2v) is 10.2. The minimum Gasteiger partial charge on any atom is -0.493 e. The first-order chi connectivity index (χ1) is 16.8. The number of tetrazole rings is 1. The van der Waals surface area contributed by atoms with E-state index in [0.717, 1.165) is 35.1 Å². The second-order valence-electron chi connectivity index (χ2n) is 8.77. The van der Waals surface area contributed by atoms with E-state index in [4.69, 9.17) is 21.1 Å². The minimum absolute atomic E-state index is 0.118. The first kappa shape index (κ1) is 26.8. The van der Waals surface area contributed by atoms with E-state index < -0.39 is 0 Å². The average Bonchev–Trinajstić information content (AvgIpc) is 3.29. The zero-order chi connectivity index (χ0) is 25.3. The molecular formula is C24H31ClN6O3S. The Labute approximate surface area is 214 Å². The van der Waals surface area contributed by atoms with Crippen LogP contribution in [0.5, 0.6) is 11.5 Å². The van der Waals surface area contributed by atoms with Crippen molar-refractivity contribution in [2.75, 3.05) is 26.0 Å². The van der Waals surface area contributed by atoms with E-state index in [1.165, 1.54) is 0 Å². The van der Waals surface area contributed by atoms with E-state index in [1.807, 2.05) is 57.2 Å². The summed E-state index contributed by atoms with van der Waals surface area (Å²) in [5.41, 5.74) is 1.49. The maximum Gasteiger partial charge on any atom is 0.258 e. The van der Waals surface area contributed by atoms with Crippen molar-refractivity contribution in [2.45, 2.75) is 44.4 Å². The number of nitrogens with zero attached hydrogens (tertiary/aromatic N) is 4. The molecule has 0 saturated carbocycles. The summed E-state index contributed by atoms with van der Waals surface area (Å²) in [6.07, 6.45) is 0.922. The number of hydrogen-bond acceptors (Lipinski definition) is 8. The number of hydrogen-bond donors (Lipinski definition) is 2. The zero-order valence-electron chi connectivity index (χ0n) is 20.4. The third-order valence-electron chi connectivity index (χ3n) is 4.69. The van der Waals surface area contributed by atoms with E-state index in [9.17, 15) is 4.79 Å². The number of amides is 1. The molecule has 0 fully saturated rings. The zero-order valence-corrected chi connectivity index (χ0v) is 21.9. The van der Waals surface area contributed by atoms with Crippen LogP contribution in [0.4, 0.5) is 0 Å². The van der Waals surface area contributed by atoms with E-state index in [1.54, 1.807) is 29.6 Å². The number of carbonyl (C=O) groups is 1. The van der Waals surface area contributed by atoms with Crippen LogP contribution in [0.15, 0.2) is 47.6 Å². The highest BCUT2D eigenvalue weighted by Crippen LogP contribution is 2.33. The maximum absolute atomic E-state index is 12.0. The molecule has 3 rings (SSSR count). The Morgan fingerprint density at radius 3 is 2.66 bits per heavy atom. The smallest absolute Gasteiger partial charge is 0.258 e. The van der Waals surface area contributed by atoms with Crippen molar-refractivity contribution in [3.05, 3.63) is 53.1 Å². The molecule has 0 bridgehead atoms. The average molecular weight is 519 g/mol. The number of carbonyl (C=O) groups excluding carboxylic acids is 1. The maximum atomic E-state index is 12.0. The van der Waals surface area contributed by atoms with Gasteiger partial charge in [-0.15, -0.1) is 5.10 Å². The van der Waals surface area contributed by atoms with E-state index in [0.29, 0.717) is 23.1 Å². The van der Waals surface area contributed by atoms with E-state index in [2.05, 4.69) is 26.2 Å². The molecule has 0 unspecified atom stereocenters. The summed E-state index contributed by atoms with van der Waals surface area (Å²) in [6, 6.07) is 13.3. The van der Waals surface area contributed by atoms with Crippen LogP contribution in [-0.4, -0.2) is 57.7 Å². The summed E-state index contributed by atoms with van der Waals surface area (Å²) >= 11 is 8.07. The van der Waals surface area contributed by atoms with Gasteiger partial charge >= 0.3 is 0 Å². The van der Waals surface area contributed by atoms with Crippen LogP contribution < -0.4 is 20.1 Å². The molecule has 0 atom stereocenters. The first-order valence-electron chi connectivity index (χ1n) is 11.2. The largest absolute Gasteiger partial charge is 0.493 e. The van der Waals surface area contributed by atoms with Crippen molar-refractivity contribution >= 4 is 29.3 Å². The van der Waals surface area contributed by atoms with E-state index >= 15 is 0 Å². The van der Waals surface area contributed by atoms with Crippen molar-refractivity contribution in [3.63, 3.8) is 0 Å². The van der Waals surface area contributed by atoms with Crippen LogP contribution in [0.25, 0.3) is 5.69 Å². The predicted molar refractivity (Wildman–Crippen MR) is 138 cm³/mol. The molecule has 0 aliphatic heterocycles. The number of benzene rings is 2. The molecule has 0 aliphatic carbocycles. The van der Waals surface area contributed by atoms with Crippen molar-refractivity contribution in [1.82, 2.24) is 30.8 Å². The van der Waals surface area contributed by atoms with Crippen molar-refractivity contribution in [2.24, 2.45) is 0 Å². The third-order valence-corrected chi connectivity index (χ3v) is 6.05. The van der Waals surface area contributed by atoms with Gasteiger partial charge in [0.05, 0.1) is 12.8 Å². The molecule has 2 N–H and O–H groups in total. The summed E-state index contributed by atoms with van der Waals surface area (Å²) in [5, 5.41) is 19.5. The molecule has 11 heteroatoms. The lowest BCUT2D eigenvalue weighted by atomic mass is 10.1. The van der Waals surface area contributed by atoms with Crippen LogP contribution in [0.3, 0.4) is 0 Å². The molecule has 1 aromatic heterocycles. The Bertz CT molecular complexity index is 1100. The van der Waals surface area contributed by atoms with Crippen LogP contribution in [-0.2, 0) is 11.3 Å². The lowest BCUT2D eigenvalue weighted by Gasteiger charge is -2.21. The van der Waals surface area contributed by atoms with Crippen LogP contribution in [0.2, 0.25) is 5.02 Å². The monoisotopic (exact) mass is 518 g/mol. The van der Waals surface area contributed by atoms with E-state index in [-0.39, 0.29) is 18.1 Å². The van der Waals surface area contributed by atoms with Crippen LogP contribution >= 0.6 is 23.4 Å². The van der Waals surface area contributed by atoms with Crippen molar-refractivity contribution < 1.29 is 14.3 Å². The molecule has 1 amide bonds. The lowest BCUT2D eigenvalue weighted by Crippen LogP contribution is -2.43. The molecule has 0 aliphatic rings. The normalized spacial score (nSPS) is 11.3. The van der Waals surface area contributed by atoms with Crippen molar-refractivity contribution in [1.29, 1.82) is 0 Å². The number of ether oxygens (including phenoxy) is 2. The Morgan fingerprint density at radius 1 is 1.17 bits per heavy atom. The van der Waals surface area contributed by atoms with Gasteiger partial charge < -0.3 is 20.1 Å². The highest BCUT2D eigenvalue weighted by molar-refractivity contribution is 7.99. The molecule has 188 valence electrons. The van der Waals surface area contributed by atoms with Gasteiger partial charge in [-0.2, -0.15) is 4.68 Å². The quantitative estimate of drug-likeness (QED) is 0.275. The number of nitrogens with one attached hydrogen (secondary N) is 2. The minimum atomic E-state index is -0.327. The lowest BCUT2D eigenvalue weighted by molar-refractivity contribution is -0.124. The fourth-order valence-electron chi connectivity index (χ4n) is 3.17. The number of rotatable bonds is 12. The summed E-state index contributed by atoms with van der Waals surface area (Å²) < 4.78 is 12.8. The standard InChI is InChI=1S/C24H31ClN6O3S/c1-24(2,3)27-22(32)16-34-21-14-19(25)17(13-20(21)33-4)15-26-11-8-12-35-23-28-29-30-31(23)18-9-6-5-7-10-18/h5-7,9-10,13-14,26H,8,11-12,15-16H2,1-4H3,(H,27,32). The molecule has 1 heterocycles. The first-order valence-corrected chi connectivity index (χ1v) is 12.6. The van der Waals surface area contributed by atoms with Gasteiger partial charge in [-0.05, 0) is 67.9 Å². The topological polar surface area (TPSA) is 103 Å². The van der Waals surface area contributed by atoms with Gasteiger partial charge in [0.2, 0.25) is 5.16 Å². The van der Waals surface area contributed by atoms with Gasteiger partial charge in [-0.25, -0.2) is 0 Å². The SMILES string of the molecule is COc1cc(CNCCCSc2nnnn2-c2ccccc2)c(Cl)cc1OCC(=O)NC(C)(C)C. The van der Waals surface area contributed by atoms with Gasteiger partial charge in [0.25, 0.3) is 5.91 Å². The van der Waals surface area contributed by atoms with Gasteiger partial charge in [0.1, 0.15) is 0 Å². The highest BCUT2D eigenvalue weighted by atomic mass is 35.5. The highest BCUT2D eigenvalue weighted by Gasteiger charge is 2.16. The number of halogens is 1. The predicted octanol–water partition coefficient (Wildman–Crippen LogP) is 3.89. The Balaban J connectivity index is 1.45. The molecule has 0 saturated heterocycles. The Hall–Kier alpha value is -2.82. The van der Waals surface area contributed by atoms with Crippen LogP contribution in [0.1, 0.15) is 32.8 Å². The van der Waals surface area contributed by atoms with Crippen LogP contribution in [0, 0.1) is 0 Å². The molecule has 3 aromatic rings. The molecule has 0 spiro atoms. The molecule has 0 radical (unpaired) electrons. The number of aromatic nitrogens is 4. The second kappa shape index (κ2) is 12.8. The molecule has 2 aromatic carbocycles. The Morgan fingerprint density at radius 2 is 1.94 bits per heavy atom. The molecular weight excluding hydrogens is 488 g/mol. The number of thioether (sulfide) groups is 1. The summed E-state index contributed by atoms with van der Waals surface area (Å²) in [5.74, 6) is 1.61. The number of methoxy groups -OCH3 is 1. The summed E-state index contributed by atoms with van der Waals surface area (Å²) in [7, 11) is 1.56. The molecule has 9 nitrogen and oxygen atoms in total. The fraction of sp³-hybridized carbons (Fsp3) is 0.417. The Kier molecular flexibility index (Phi) is 9.76.